The van der Waals surface area contributed by atoms with Crippen LogP contribution in [0.2, 0.25) is 0 Å². The van der Waals surface area contributed by atoms with Gasteiger partial charge in [-0.3, -0.25) is 4.57 Å². The summed E-state index contributed by atoms with van der Waals surface area (Å²) in [6.45, 7) is 1.02. The second kappa shape index (κ2) is 5.55. The minimum absolute atomic E-state index is 0.168. The van der Waals surface area contributed by atoms with Crippen LogP contribution in [-0.4, -0.2) is 38.0 Å². The number of hydrogen-bond donors (Lipinski definition) is 1. The molecule has 0 aliphatic heterocycles. The maximum Gasteiger partial charge on any atom is 0.325 e. The van der Waals surface area contributed by atoms with Crippen molar-refractivity contribution in [2.24, 2.45) is 0 Å². The summed E-state index contributed by atoms with van der Waals surface area (Å²) in [6.07, 6.45) is 1.74. The monoisotopic (exact) mass is 248 g/mol. The van der Waals surface area contributed by atoms with Crippen LogP contribution in [-0.2, 0) is 4.74 Å². The smallest absolute Gasteiger partial charge is 0.325 e. The number of hydrogen-bond acceptors (Lipinski definition) is 3. The summed E-state index contributed by atoms with van der Waals surface area (Å²) >= 11 is 0. The zero-order valence-electron chi connectivity index (χ0n) is 10.5. The fourth-order valence-corrected chi connectivity index (χ4v) is 1.74. The summed E-state index contributed by atoms with van der Waals surface area (Å²) in [5.41, 5.74) is 0.823. The third-order valence-corrected chi connectivity index (χ3v) is 2.65. The van der Waals surface area contributed by atoms with Gasteiger partial charge in [-0.1, -0.05) is 0 Å². The number of benzene rings is 1. The highest BCUT2D eigenvalue weighted by Gasteiger charge is 2.07. The predicted octanol–water partition coefficient (Wildman–Crippen LogP) is 1.85. The summed E-state index contributed by atoms with van der Waals surface area (Å²) in [5, 5.41) is 3.59. The van der Waals surface area contributed by atoms with E-state index in [4.69, 9.17) is 9.47 Å². The Morgan fingerprint density at radius 3 is 2.89 bits per heavy atom. The number of carbonyl (C=O) groups excluding carboxylic acids is 1. The molecule has 0 saturated heterocycles. The normalized spacial score (nSPS) is 10.6. The van der Waals surface area contributed by atoms with Crippen LogP contribution in [0.25, 0.3) is 10.9 Å². The van der Waals surface area contributed by atoms with E-state index in [9.17, 15) is 4.79 Å². The molecule has 5 heteroatoms. The van der Waals surface area contributed by atoms with Crippen LogP contribution < -0.4 is 10.1 Å². The number of fused-ring (bicyclic) bond motifs is 1. The fourth-order valence-electron chi connectivity index (χ4n) is 1.74. The Morgan fingerprint density at radius 2 is 2.17 bits per heavy atom. The summed E-state index contributed by atoms with van der Waals surface area (Å²) in [5.74, 6) is 0.725. The molecule has 0 aliphatic rings. The van der Waals surface area contributed by atoms with Gasteiger partial charge in [0, 0.05) is 31.8 Å². The maximum absolute atomic E-state index is 11.7. The average molecular weight is 248 g/mol. The first-order chi connectivity index (χ1) is 8.76. The highest BCUT2D eigenvalue weighted by molar-refractivity contribution is 5.92. The Labute approximate surface area is 105 Å². The van der Waals surface area contributed by atoms with E-state index < -0.39 is 0 Å². The molecule has 0 fully saturated rings. The number of rotatable bonds is 4. The Balaban J connectivity index is 2.27. The molecule has 0 bridgehead atoms. The quantitative estimate of drug-likeness (QED) is 0.840. The average Bonchev–Trinajstić information content (AvgIpc) is 2.81. The number of methoxy groups -OCH3 is 1. The first kappa shape index (κ1) is 12.4. The number of carbonyl (C=O) groups is 1. The SMILES string of the molecule is CNC(=O)n1ccc2ccc(OCCOC)cc21. The van der Waals surface area contributed by atoms with E-state index in [1.165, 1.54) is 0 Å². The molecule has 0 unspecified atom stereocenters. The highest BCUT2D eigenvalue weighted by Crippen LogP contribution is 2.21. The van der Waals surface area contributed by atoms with Gasteiger partial charge in [-0.15, -0.1) is 0 Å². The molecule has 1 N–H and O–H groups in total. The molecule has 0 spiro atoms. The van der Waals surface area contributed by atoms with Crippen LogP contribution in [0.15, 0.2) is 30.5 Å². The van der Waals surface area contributed by atoms with Crippen molar-refractivity contribution < 1.29 is 14.3 Å². The van der Waals surface area contributed by atoms with Gasteiger partial charge in [0.05, 0.1) is 12.1 Å². The molecular formula is C13H16N2O3. The van der Waals surface area contributed by atoms with E-state index in [0.29, 0.717) is 13.2 Å². The number of nitrogens with zero attached hydrogens (tertiary/aromatic N) is 1. The summed E-state index contributed by atoms with van der Waals surface area (Å²) in [7, 11) is 3.23. The van der Waals surface area contributed by atoms with Crippen molar-refractivity contribution in [2.45, 2.75) is 0 Å². The molecular weight excluding hydrogens is 232 g/mol. The van der Waals surface area contributed by atoms with Crippen molar-refractivity contribution in [2.75, 3.05) is 27.4 Å². The second-order valence-electron chi connectivity index (χ2n) is 3.80. The van der Waals surface area contributed by atoms with Gasteiger partial charge in [0.2, 0.25) is 0 Å². The molecule has 2 rings (SSSR count). The van der Waals surface area contributed by atoms with Crippen molar-refractivity contribution in [1.82, 2.24) is 9.88 Å². The largest absolute Gasteiger partial charge is 0.491 e. The number of amides is 1. The lowest BCUT2D eigenvalue weighted by Gasteiger charge is -2.07. The topological polar surface area (TPSA) is 52.5 Å². The van der Waals surface area contributed by atoms with E-state index in [-0.39, 0.29) is 6.03 Å². The van der Waals surface area contributed by atoms with Crippen LogP contribution in [0.3, 0.4) is 0 Å². The summed E-state index contributed by atoms with van der Waals surface area (Å²) in [6, 6.07) is 7.38. The zero-order valence-corrected chi connectivity index (χ0v) is 10.5. The lowest BCUT2D eigenvalue weighted by molar-refractivity contribution is 0.146. The van der Waals surface area contributed by atoms with Gasteiger partial charge >= 0.3 is 6.03 Å². The predicted molar refractivity (Wildman–Crippen MR) is 69.2 cm³/mol. The fraction of sp³-hybridized carbons (Fsp3) is 0.308. The molecule has 96 valence electrons. The summed E-state index contributed by atoms with van der Waals surface area (Å²) < 4.78 is 12.0. The molecule has 2 aromatic rings. The van der Waals surface area contributed by atoms with E-state index in [1.54, 1.807) is 24.9 Å². The van der Waals surface area contributed by atoms with E-state index in [2.05, 4.69) is 5.32 Å². The van der Waals surface area contributed by atoms with E-state index >= 15 is 0 Å². The van der Waals surface area contributed by atoms with E-state index in [1.807, 2.05) is 24.3 Å². The van der Waals surface area contributed by atoms with Gasteiger partial charge in [0.1, 0.15) is 12.4 Å². The third kappa shape index (κ3) is 2.46. The zero-order chi connectivity index (χ0) is 13.0. The highest BCUT2D eigenvalue weighted by atomic mass is 16.5. The first-order valence-electron chi connectivity index (χ1n) is 5.71. The molecule has 1 amide bonds. The molecule has 0 aliphatic carbocycles. The minimum atomic E-state index is -0.168. The lowest BCUT2D eigenvalue weighted by atomic mass is 10.2. The third-order valence-electron chi connectivity index (χ3n) is 2.65. The molecule has 0 atom stereocenters. The van der Waals surface area contributed by atoms with Crippen molar-refractivity contribution in [3.63, 3.8) is 0 Å². The van der Waals surface area contributed by atoms with Crippen molar-refractivity contribution >= 4 is 16.9 Å². The standard InChI is InChI=1S/C13H16N2O3/c1-14-13(16)15-6-5-10-3-4-11(9-12(10)15)18-8-7-17-2/h3-6,9H,7-8H2,1-2H3,(H,14,16). The second-order valence-corrected chi connectivity index (χ2v) is 3.80. The molecule has 0 radical (unpaired) electrons. The van der Waals surface area contributed by atoms with Crippen molar-refractivity contribution in [1.29, 1.82) is 0 Å². The van der Waals surface area contributed by atoms with Crippen LogP contribution >= 0.6 is 0 Å². The van der Waals surface area contributed by atoms with Crippen LogP contribution in [0.5, 0.6) is 5.75 Å². The molecule has 18 heavy (non-hydrogen) atoms. The Morgan fingerprint density at radius 1 is 1.33 bits per heavy atom. The number of aromatic nitrogens is 1. The van der Waals surface area contributed by atoms with Gasteiger partial charge in [-0.05, 0) is 18.2 Å². The molecule has 1 aromatic carbocycles. The van der Waals surface area contributed by atoms with Gasteiger partial charge < -0.3 is 14.8 Å². The van der Waals surface area contributed by atoms with Crippen molar-refractivity contribution in [3.05, 3.63) is 30.5 Å². The molecule has 5 nitrogen and oxygen atoms in total. The first-order valence-corrected chi connectivity index (χ1v) is 5.71. The van der Waals surface area contributed by atoms with Crippen LogP contribution in [0.4, 0.5) is 4.79 Å². The molecule has 1 heterocycles. The van der Waals surface area contributed by atoms with Crippen LogP contribution in [0.1, 0.15) is 0 Å². The molecule has 0 saturated carbocycles. The Kier molecular flexibility index (Phi) is 3.84. The molecule has 1 aromatic heterocycles. The van der Waals surface area contributed by atoms with Gasteiger partial charge in [0.25, 0.3) is 0 Å². The number of ether oxygens (including phenoxy) is 2. The van der Waals surface area contributed by atoms with Gasteiger partial charge in [-0.25, -0.2) is 4.79 Å². The van der Waals surface area contributed by atoms with Gasteiger partial charge in [0.15, 0.2) is 0 Å². The Bertz CT molecular complexity index is 548. The lowest BCUT2D eigenvalue weighted by Crippen LogP contribution is -2.23. The Hall–Kier alpha value is -2.01. The summed E-state index contributed by atoms with van der Waals surface area (Å²) in [4.78, 5) is 11.7. The van der Waals surface area contributed by atoms with Crippen LogP contribution in [0, 0.1) is 0 Å². The maximum atomic E-state index is 11.7. The number of nitrogens with one attached hydrogen (secondary N) is 1. The van der Waals surface area contributed by atoms with Gasteiger partial charge in [-0.2, -0.15) is 0 Å². The minimum Gasteiger partial charge on any atom is -0.491 e. The van der Waals surface area contributed by atoms with Crippen molar-refractivity contribution in [3.8, 4) is 5.75 Å². The van der Waals surface area contributed by atoms with E-state index in [0.717, 1.165) is 16.7 Å².